The summed E-state index contributed by atoms with van der Waals surface area (Å²) in [6, 6.07) is 5.22. The Hall–Kier alpha value is -1.74. The van der Waals surface area contributed by atoms with Gasteiger partial charge in [-0.1, -0.05) is 23.7 Å². The van der Waals surface area contributed by atoms with E-state index in [-0.39, 0.29) is 5.82 Å². The van der Waals surface area contributed by atoms with Crippen LogP contribution >= 0.6 is 11.6 Å². The average Bonchev–Trinajstić information content (AvgIpc) is 2.36. The van der Waals surface area contributed by atoms with Gasteiger partial charge in [-0.15, -0.1) is 0 Å². The van der Waals surface area contributed by atoms with Crippen LogP contribution in [0.1, 0.15) is 23.7 Å². The molecule has 0 aliphatic carbocycles. The van der Waals surface area contributed by atoms with E-state index in [0.29, 0.717) is 16.4 Å². The van der Waals surface area contributed by atoms with Gasteiger partial charge in [0.25, 0.3) is 0 Å². The SMILES string of the molecule is C/C=C(/c1ccncc1F)c1nc(Cl)ccc1C. The van der Waals surface area contributed by atoms with Crippen LogP contribution in [-0.2, 0) is 0 Å². The highest BCUT2D eigenvalue weighted by molar-refractivity contribution is 6.29. The Morgan fingerprint density at radius 2 is 2.11 bits per heavy atom. The van der Waals surface area contributed by atoms with Crippen LogP contribution in [0, 0.1) is 12.7 Å². The van der Waals surface area contributed by atoms with Crippen LogP contribution in [0.2, 0.25) is 5.15 Å². The van der Waals surface area contributed by atoms with Crippen molar-refractivity contribution in [3.05, 3.63) is 64.5 Å². The van der Waals surface area contributed by atoms with Crippen LogP contribution in [0.4, 0.5) is 4.39 Å². The molecule has 2 heterocycles. The summed E-state index contributed by atoms with van der Waals surface area (Å²) in [5.74, 6) is -0.369. The predicted octanol–water partition coefficient (Wildman–Crippen LogP) is 4.03. The van der Waals surface area contributed by atoms with Gasteiger partial charge in [0.1, 0.15) is 11.0 Å². The summed E-state index contributed by atoms with van der Waals surface area (Å²) in [5, 5.41) is 0.393. The second-order valence-corrected chi connectivity index (χ2v) is 4.24. The molecule has 0 saturated heterocycles. The Labute approximate surface area is 110 Å². The molecule has 92 valence electrons. The summed E-state index contributed by atoms with van der Waals surface area (Å²) >= 11 is 5.90. The topological polar surface area (TPSA) is 25.8 Å². The lowest BCUT2D eigenvalue weighted by atomic mass is 9.99. The highest BCUT2D eigenvalue weighted by Crippen LogP contribution is 2.27. The van der Waals surface area contributed by atoms with Crippen molar-refractivity contribution in [1.82, 2.24) is 9.97 Å². The fraction of sp³-hybridized carbons (Fsp3) is 0.143. The molecule has 0 unspecified atom stereocenters. The molecular formula is C14H12ClFN2. The molecule has 0 bridgehead atoms. The molecular weight excluding hydrogens is 251 g/mol. The molecule has 0 radical (unpaired) electrons. The van der Waals surface area contributed by atoms with E-state index >= 15 is 0 Å². The van der Waals surface area contributed by atoms with E-state index < -0.39 is 0 Å². The van der Waals surface area contributed by atoms with Crippen LogP contribution in [0.25, 0.3) is 5.57 Å². The minimum atomic E-state index is -0.369. The molecule has 4 heteroatoms. The second kappa shape index (κ2) is 5.27. The maximum Gasteiger partial charge on any atom is 0.149 e. The number of pyridine rings is 2. The van der Waals surface area contributed by atoms with Gasteiger partial charge in [0.15, 0.2) is 0 Å². The van der Waals surface area contributed by atoms with Gasteiger partial charge >= 0.3 is 0 Å². The lowest BCUT2D eigenvalue weighted by Gasteiger charge is -2.10. The van der Waals surface area contributed by atoms with E-state index in [9.17, 15) is 4.39 Å². The van der Waals surface area contributed by atoms with E-state index in [2.05, 4.69) is 9.97 Å². The fourth-order valence-corrected chi connectivity index (χ4v) is 1.94. The Bertz CT molecular complexity index is 608. The zero-order valence-electron chi connectivity index (χ0n) is 10.1. The lowest BCUT2D eigenvalue weighted by molar-refractivity contribution is 0.617. The van der Waals surface area contributed by atoms with E-state index in [4.69, 9.17) is 11.6 Å². The largest absolute Gasteiger partial charge is 0.262 e. The van der Waals surface area contributed by atoms with Crippen LogP contribution in [0.3, 0.4) is 0 Å². The van der Waals surface area contributed by atoms with Crippen molar-refractivity contribution >= 4 is 17.2 Å². The summed E-state index contributed by atoms with van der Waals surface area (Å²) in [6.07, 6.45) is 4.57. The number of halogens is 2. The molecule has 0 aromatic carbocycles. The van der Waals surface area contributed by atoms with Crippen molar-refractivity contribution in [3.63, 3.8) is 0 Å². The number of hydrogen-bond donors (Lipinski definition) is 0. The lowest BCUT2D eigenvalue weighted by Crippen LogP contribution is -1.98. The van der Waals surface area contributed by atoms with Gasteiger partial charge in [0, 0.05) is 17.3 Å². The van der Waals surface area contributed by atoms with Gasteiger partial charge in [-0.05, 0) is 31.5 Å². The zero-order chi connectivity index (χ0) is 13.1. The zero-order valence-corrected chi connectivity index (χ0v) is 10.9. The van der Waals surface area contributed by atoms with Gasteiger partial charge in [0.05, 0.1) is 11.9 Å². The summed E-state index contributed by atoms with van der Waals surface area (Å²) in [5.41, 5.74) is 2.83. The third kappa shape index (κ3) is 2.41. The van der Waals surface area contributed by atoms with Gasteiger partial charge in [-0.25, -0.2) is 9.37 Å². The first-order valence-corrected chi connectivity index (χ1v) is 5.91. The number of hydrogen-bond acceptors (Lipinski definition) is 2. The quantitative estimate of drug-likeness (QED) is 0.764. The molecule has 0 N–H and O–H groups in total. The van der Waals surface area contributed by atoms with E-state index in [1.807, 2.05) is 26.0 Å². The van der Waals surface area contributed by atoms with Gasteiger partial charge < -0.3 is 0 Å². The second-order valence-electron chi connectivity index (χ2n) is 3.86. The van der Waals surface area contributed by atoms with Gasteiger partial charge in [-0.3, -0.25) is 4.98 Å². The van der Waals surface area contributed by atoms with E-state index in [1.54, 1.807) is 18.3 Å². The molecule has 2 nitrogen and oxygen atoms in total. The van der Waals surface area contributed by atoms with Crippen LogP contribution in [-0.4, -0.2) is 9.97 Å². The van der Waals surface area contributed by atoms with Crippen molar-refractivity contribution in [1.29, 1.82) is 0 Å². The number of allylic oxidation sites excluding steroid dienone is 1. The van der Waals surface area contributed by atoms with Crippen molar-refractivity contribution in [2.24, 2.45) is 0 Å². The monoisotopic (exact) mass is 262 g/mol. The molecule has 2 rings (SSSR count). The maximum atomic E-state index is 13.8. The normalized spacial score (nSPS) is 11.7. The minimum absolute atomic E-state index is 0.369. The smallest absolute Gasteiger partial charge is 0.149 e. The first kappa shape index (κ1) is 12.7. The Balaban J connectivity index is 2.60. The molecule has 0 fully saturated rings. The molecule has 0 spiro atoms. The molecule has 2 aromatic rings. The molecule has 0 aliphatic rings. The first-order valence-electron chi connectivity index (χ1n) is 5.53. The van der Waals surface area contributed by atoms with Crippen LogP contribution in [0.15, 0.2) is 36.7 Å². The van der Waals surface area contributed by atoms with E-state index in [0.717, 1.165) is 11.1 Å². The van der Waals surface area contributed by atoms with Crippen molar-refractivity contribution < 1.29 is 4.39 Å². The molecule has 2 aromatic heterocycles. The molecule has 0 aliphatic heterocycles. The Morgan fingerprint density at radius 3 is 2.78 bits per heavy atom. The number of rotatable bonds is 2. The number of aryl methyl sites for hydroxylation is 1. The Morgan fingerprint density at radius 1 is 1.33 bits per heavy atom. The Kier molecular flexibility index (Phi) is 3.72. The van der Waals surface area contributed by atoms with Gasteiger partial charge in [-0.2, -0.15) is 0 Å². The van der Waals surface area contributed by atoms with Crippen molar-refractivity contribution in [2.45, 2.75) is 13.8 Å². The fourth-order valence-electron chi connectivity index (χ4n) is 1.79. The standard InChI is InChI=1S/C14H12ClFN2/c1-3-10(11-6-7-17-8-12(11)16)14-9(2)4-5-13(15)18-14/h3-8H,1-2H3/b10-3-. The van der Waals surface area contributed by atoms with Crippen molar-refractivity contribution in [3.8, 4) is 0 Å². The predicted molar refractivity (Wildman–Crippen MR) is 70.9 cm³/mol. The highest BCUT2D eigenvalue weighted by Gasteiger charge is 2.13. The summed E-state index contributed by atoms with van der Waals surface area (Å²) in [6.45, 7) is 3.76. The third-order valence-electron chi connectivity index (χ3n) is 2.67. The number of aromatic nitrogens is 2. The molecule has 0 atom stereocenters. The molecule has 18 heavy (non-hydrogen) atoms. The summed E-state index contributed by atoms with van der Waals surface area (Å²) in [7, 11) is 0. The van der Waals surface area contributed by atoms with E-state index in [1.165, 1.54) is 6.20 Å². The first-order chi connectivity index (χ1) is 8.63. The summed E-state index contributed by atoms with van der Waals surface area (Å²) in [4.78, 5) is 8.02. The van der Waals surface area contributed by atoms with Crippen molar-refractivity contribution in [2.75, 3.05) is 0 Å². The van der Waals surface area contributed by atoms with Gasteiger partial charge in [0.2, 0.25) is 0 Å². The molecule has 0 saturated carbocycles. The summed E-state index contributed by atoms with van der Waals surface area (Å²) < 4.78 is 13.8. The van der Waals surface area contributed by atoms with Crippen LogP contribution < -0.4 is 0 Å². The average molecular weight is 263 g/mol. The van der Waals surface area contributed by atoms with Crippen LogP contribution in [0.5, 0.6) is 0 Å². The number of nitrogens with zero attached hydrogens (tertiary/aromatic N) is 2. The highest BCUT2D eigenvalue weighted by atomic mass is 35.5. The maximum absolute atomic E-state index is 13.8. The third-order valence-corrected chi connectivity index (χ3v) is 2.88. The molecule has 0 amide bonds. The minimum Gasteiger partial charge on any atom is -0.262 e.